The number of benzene rings is 1. The number of esters is 1. The van der Waals surface area contributed by atoms with Gasteiger partial charge in [-0.15, -0.1) is 11.3 Å². The first-order valence-corrected chi connectivity index (χ1v) is 10.4. The second-order valence-corrected chi connectivity index (χ2v) is 8.36. The van der Waals surface area contributed by atoms with Crippen LogP contribution in [0.4, 0.5) is 0 Å². The van der Waals surface area contributed by atoms with E-state index in [1.54, 1.807) is 0 Å². The Morgan fingerprint density at radius 2 is 1.82 bits per heavy atom. The summed E-state index contributed by atoms with van der Waals surface area (Å²) in [5, 5.41) is 0. The number of para-hydroxylation sites is 1. The summed E-state index contributed by atoms with van der Waals surface area (Å²) in [6.07, 6.45) is 4.42. The van der Waals surface area contributed by atoms with Crippen LogP contribution in [-0.4, -0.2) is 22.9 Å². The van der Waals surface area contributed by atoms with Crippen molar-refractivity contribution in [2.45, 2.75) is 39.5 Å². The van der Waals surface area contributed by atoms with Crippen molar-refractivity contribution in [3.8, 4) is 5.69 Å². The van der Waals surface area contributed by atoms with Gasteiger partial charge in [-0.2, -0.15) is 0 Å². The molecule has 0 atom stereocenters. The second kappa shape index (κ2) is 7.76. The Labute approximate surface area is 168 Å². The van der Waals surface area contributed by atoms with Crippen molar-refractivity contribution in [1.82, 2.24) is 4.57 Å². The molecule has 0 bridgehead atoms. The molecule has 0 N–H and O–H groups in total. The molecule has 0 radical (unpaired) electrons. The lowest BCUT2D eigenvalue weighted by atomic mass is 9.99. The molecule has 1 aliphatic rings. The number of ketones is 1. The smallest absolute Gasteiger partial charge is 0.348 e. The van der Waals surface area contributed by atoms with Crippen molar-refractivity contribution >= 4 is 23.1 Å². The van der Waals surface area contributed by atoms with Crippen LogP contribution in [0.1, 0.15) is 54.7 Å². The van der Waals surface area contributed by atoms with Gasteiger partial charge in [0.2, 0.25) is 5.78 Å². The van der Waals surface area contributed by atoms with Gasteiger partial charge in [-0.05, 0) is 69.4 Å². The highest BCUT2D eigenvalue weighted by Crippen LogP contribution is 2.30. The highest BCUT2D eigenvalue weighted by atomic mass is 32.1. The summed E-state index contributed by atoms with van der Waals surface area (Å²) in [6, 6.07) is 13.7. The molecule has 5 heteroatoms. The zero-order valence-electron chi connectivity index (χ0n) is 16.2. The maximum atomic E-state index is 12.7. The maximum absolute atomic E-state index is 12.7. The first kappa shape index (κ1) is 18.7. The van der Waals surface area contributed by atoms with E-state index < -0.39 is 5.97 Å². The monoisotopic (exact) mass is 393 g/mol. The van der Waals surface area contributed by atoms with E-state index >= 15 is 0 Å². The Morgan fingerprint density at radius 1 is 1.07 bits per heavy atom. The number of aryl methyl sites for hydroxylation is 3. The first-order chi connectivity index (χ1) is 13.5. The number of hydrogen-bond acceptors (Lipinski definition) is 4. The van der Waals surface area contributed by atoms with Crippen LogP contribution in [0.5, 0.6) is 0 Å². The van der Waals surface area contributed by atoms with Gasteiger partial charge in [-0.1, -0.05) is 18.2 Å². The van der Waals surface area contributed by atoms with E-state index in [0.717, 1.165) is 29.9 Å². The summed E-state index contributed by atoms with van der Waals surface area (Å²) < 4.78 is 7.39. The van der Waals surface area contributed by atoms with Crippen LogP contribution < -0.4 is 0 Å². The molecule has 3 aromatic rings. The number of thiophene rings is 1. The molecule has 2 aromatic heterocycles. The van der Waals surface area contributed by atoms with Crippen molar-refractivity contribution in [3.63, 3.8) is 0 Å². The van der Waals surface area contributed by atoms with Crippen molar-refractivity contribution in [2.75, 3.05) is 6.61 Å². The van der Waals surface area contributed by atoms with Crippen LogP contribution in [0.25, 0.3) is 5.69 Å². The third-order valence-electron chi connectivity index (χ3n) is 5.28. The molecule has 0 spiro atoms. The van der Waals surface area contributed by atoms with Crippen LogP contribution in [0.3, 0.4) is 0 Å². The average molecular weight is 394 g/mol. The lowest BCUT2D eigenvalue weighted by Crippen LogP contribution is -2.14. The molecule has 0 fully saturated rings. The number of aromatic nitrogens is 1. The fourth-order valence-corrected chi connectivity index (χ4v) is 5.04. The van der Waals surface area contributed by atoms with Gasteiger partial charge in [0.25, 0.3) is 0 Å². The summed E-state index contributed by atoms with van der Waals surface area (Å²) >= 11 is 1.51. The minimum Gasteiger partial charge on any atom is -0.453 e. The van der Waals surface area contributed by atoms with Crippen molar-refractivity contribution in [3.05, 3.63) is 74.7 Å². The molecule has 0 unspecified atom stereocenters. The van der Waals surface area contributed by atoms with E-state index in [1.807, 2.05) is 60.9 Å². The van der Waals surface area contributed by atoms with Crippen molar-refractivity contribution in [1.29, 1.82) is 0 Å². The molecule has 1 aromatic carbocycles. The molecular formula is C23H23NO3S. The predicted octanol–water partition coefficient (Wildman–Crippen LogP) is 5.07. The van der Waals surface area contributed by atoms with E-state index in [-0.39, 0.29) is 12.4 Å². The van der Waals surface area contributed by atoms with Crippen LogP contribution >= 0.6 is 11.3 Å². The lowest BCUT2D eigenvalue weighted by molar-refractivity contribution is 0.0479. The van der Waals surface area contributed by atoms with Gasteiger partial charge in [0.1, 0.15) is 4.88 Å². The zero-order chi connectivity index (χ0) is 19.7. The number of ether oxygens (including phenoxy) is 1. The summed E-state index contributed by atoms with van der Waals surface area (Å²) in [5.41, 5.74) is 4.71. The second-order valence-electron chi connectivity index (χ2n) is 7.22. The molecule has 0 saturated carbocycles. The molecule has 4 nitrogen and oxygen atoms in total. The van der Waals surface area contributed by atoms with Gasteiger partial charge in [0.05, 0.1) is 0 Å². The van der Waals surface area contributed by atoms with E-state index in [4.69, 9.17) is 4.74 Å². The largest absolute Gasteiger partial charge is 0.453 e. The van der Waals surface area contributed by atoms with Crippen LogP contribution in [0.2, 0.25) is 0 Å². The molecule has 2 heterocycles. The Bertz CT molecular complexity index is 1010. The van der Waals surface area contributed by atoms with Gasteiger partial charge >= 0.3 is 5.97 Å². The minimum atomic E-state index is -0.399. The standard InChI is InChI=1S/C23H23NO3S/c1-15-12-19(16(2)24(15)18-9-4-3-5-10-18)20(25)14-27-23(26)22-13-17-8-6-7-11-21(17)28-22/h3-5,9-10,12-13H,6-8,11,14H2,1-2H3. The van der Waals surface area contributed by atoms with Gasteiger partial charge in [-0.25, -0.2) is 4.79 Å². The van der Waals surface area contributed by atoms with Gasteiger partial charge < -0.3 is 9.30 Å². The fraction of sp³-hybridized carbons (Fsp3) is 0.304. The molecule has 0 aliphatic heterocycles. The van der Waals surface area contributed by atoms with Crippen molar-refractivity contribution < 1.29 is 14.3 Å². The van der Waals surface area contributed by atoms with E-state index in [0.29, 0.717) is 10.4 Å². The number of rotatable bonds is 5. The number of nitrogens with zero attached hydrogens (tertiary/aromatic N) is 1. The Morgan fingerprint density at radius 3 is 2.57 bits per heavy atom. The lowest BCUT2D eigenvalue weighted by Gasteiger charge is -2.09. The van der Waals surface area contributed by atoms with Gasteiger partial charge in [0, 0.05) is 27.5 Å². The Balaban J connectivity index is 1.47. The quantitative estimate of drug-likeness (QED) is 0.449. The summed E-state index contributed by atoms with van der Waals surface area (Å²) in [7, 11) is 0. The van der Waals surface area contributed by atoms with Crippen LogP contribution in [0, 0.1) is 13.8 Å². The predicted molar refractivity (Wildman–Crippen MR) is 111 cm³/mol. The molecule has 144 valence electrons. The van der Waals surface area contributed by atoms with E-state index in [1.165, 1.54) is 34.6 Å². The van der Waals surface area contributed by atoms with Crippen molar-refractivity contribution in [2.24, 2.45) is 0 Å². The number of hydrogen-bond donors (Lipinski definition) is 0. The zero-order valence-corrected chi connectivity index (χ0v) is 17.0. The SMILES string of the molecule is Cc1cc(C(=O)COC(=O)c2cc3c(s2)CCCC3)c(C)n1-c1ccccc1. The van der Waals surface area contributed by atoms with Gasteiger partial charge in [0.15, 0.2) is 6.61 Å². The average Bonchev–Trinajstić information content (AvgIpc) is 3.27. The summed E-state index contributed by atoms with van der Waals surface area (Å²) in [4.78, 5) is 27.0. The summed E-state index contributed by atoms with van der Waals surface area (Å²) in [6.45, 7) is 3.65. The maximum Gasteiger partial charge on any atom is 0.348 e. The molecule has 0 amide bonds. The third-order valence-corrected chi connectivity index (χ3v) is 6.50. The Kier molecular flexibility index (Phi) is 5.18. The number of carbonyl (C=O) groups excluding carboxylic acids is 2. The fourth-order valence-electron chi connectivity index (χ4n) is 3.89. The topological polar surface area (TPSA) is 48.3 Å². The highest BCUT2D eigenvalue weighted by molar-refractivity contribution is 7.14. The molecule has 0 saturated heterocycles. The number of carbonyl (C=O) groups is 2. The number of Topliss-reactive ketones (excluding diaryl/α,β-unsaturated/α-hetero) is 1. The van der Waals surface area contributed by atoms with E-state index in [2.05, 4.69) is 0 Å². The molecule has 1 aliphatic carbocycles. The Hall–Kier alpha value is -2.66. The third kappa shape index (κ3) is 3.54. The molecule has 4 rings (SSSR count). The minimum absolute atomic E-state index is 0.176. The molecule has 28 heavy (non-hydrogen) atoms. The van der Waals surface area contributed by atoms with Crippen LogP contribution in [-0.2, 0) is 17.6 Å². The highest BCUT2D eigenvalue weighted by Gasteiger charge is 2.21. The number of fused-ring (bicyclic) bond motifs is 1. The first-order valence-electron chi connectivity index (χ1n) is 9.61. The van der Waals surface area contributed by atoms with Gasteiger partial charge in [-0.3, -0.25) is 4.79 Å². The summed E-state index contributed by atoms with van der Waals surface area (Å²) in [5.74, 6) is -0.574. The van der Waals surface area contributed by atoms with Crippen LogP contribution in [0.15, 0.2) is 42.5 Å². The molecular weight excluding hydrogens is 370 g/mol. The normalized spacial score (nSPS) is 13.2. The van der Waals surface area contributed by atoms with E-state index in [9.17, 15) is 9.59 Å².